The molecule has 0 aromatic heterocycles. The van der Waals surface area contributed by atoms with Crippen LogP contribution in [0.4, 0.5) is 0 Å². The number of ketones is 2. The molecule has 154 valence electrons. The first-order chi connectivity index (χ1) is 13.1. The third-order valence-corrected chi connectivity index (χ3v) is 9.59. The molecule has 0 N–H and O–H groups in total. The summed E-state index contributed by atoms with van der Waals surface area (Å²) in [5.41, 5.74) is -1.03. The fourth-order valence-electron chi connectivity index (χ4n) is 8.44. The van der Waals surface area contributed by atoms with Crippen LogP contribution in [0, 0.1) is 34.5 Å². The molecular weight excluding hydrogens is 356 g/mol. The zero-order valence-corrected chi connectivity index (χ0v) is 17.5. The van der Waals surface area contributed by atoms with Gasteiger partial charge >= 0.3 is 5.97 Å². The Kier molecular flexibility index (Phi) is 3.81. The number of fused-ring (bicyclic) bond motifs is 7. The Labute approximate surface area is 166 Å². The highest BCUT2D eigenvalue weighted by Gasteiger charge is 2.80. The predicted octanol–water partition coefficient (Wildman–Crippen LogP) is 3.48. The van der Waals surface area contributed by atoms with Gasteiger partial charge in [0.15, 0.2) is 11.4 Å². The van der Waals surface area contributed by atoms with Crippen molar-refractivity contribution in [3.8, 4) is 0 Å². The van der Waals surface area contributed by atoms with Crippen LogP contribution in [-0.2, 0) is 23.9 Å². The monoisotopic (exact) mass is 388 g/mol. The maximum absolute atomic E-state index is 13.6. The number of carbonyl (C=O) groups is 3. The molecule has 1 heterocycles. The minimum absolute atomic E-state index is 0.00425. The SMILES string of the molecule is CC(=O)O[C@H]1CC[C@@]2(C)[C@@H](CC[C@@H]3[C@@H]2C(=O)C[C@@]2(C)[C@H]3C[C@H]3O[C@@]32C(C)=O)C1. The average Bonchev–Trinajstić information content (AvgIpc) is 3.28. The summed E-state index contributed by atoms with van der Waals surface area (Å²) in [5, 5.41) is 0. The minimum Gasteiger partial charge on any atom is -0.463 e. The Morgan fingerprint density at radius 1 is 1.11 bits per heavy atom. The van der Waals surface area contributed by atoms with E-state index in [1.54, 1.807) is 6.92 Å². The number of carbonyl (C=O) groups excluding carboxylic acids is 3. The van der Waals surface area contributed by atoms with Crippen LogP contribution in [0.5, 0.6) is 0 Å². The van der Waals surface area contributed by atoms with E-state index in [9.17, 15) is 14.4 Å². The van der Waals surface area contributed by atoms with Gasteiger partial charge in [0.25, 0.3) is 0 Å². The largest absolute Gasteiger partial charge is 0.463 e. The van der Waals surface area contributed by atoms with Gasteiger partial charge in [-0.1, -0.05) is 13.8 Å². The summed E-state index contributed by atoms with van der Waals surface area (Å²) in [6.07, 6.45) is 6.26. The van der Waals surface area contributed by atoms with E-state index < -0.39 is 5.60 Å². The number of hydrogen-bond acceptors (Lipinski definition) is 5. The number of ether oxygens (including phenoxy) is 2. The zero-order valence-electron chi connectivity index (χ0n) is 17.5. The molecule has 0 amide bonds. The lowest BCUT2D eigenvalue weighted by Gasteiger charge is -2.60. The van der Waals surface area contributed by atoms with Gasteiger partial charge in [-0.15, -0.1) is 0 Å². The van der Waals surface area contributed by atoms with Crippen molar-refractivity contribution in [1.29, 1.82) is 0 Å². The summed E-state index contributed by atoms with van der Waals surface area (Å²) in [6, 6.07) is 0. The maximum atomic E-state index is 13.6. The summed E-state index contributed by atoms with van der Waals surface area (Å²) in [7, 11) is 0. The lowest BCUT2D eigenvalue weighted by atomic mass is 9.44. The van der Waals surface area contributed by atoms with Crippen molar-refractivity contribution in [2.45, 2.75) is 90.4 Å². The third-order valence-electron chi connectivity index (χ3n) is 9.59. The number of rotatable bonds is 2. The number of epoxide rings is 1. The van der Waals surface area contributed by atoms with E-state index in [0.29, 0.717) is 30.0 Å². The van der Waals surface area contributed by atoms with E-state index in [-0.39, 0.29) is 40.7 Å². The van der Waals surface area contributed by atoms with Gasteiger partial charge in [-0.25, -0.2) is 0 Å². The summed E-state index contributed by atoms with van der Waals surface area (Å²) in [5.74, 6) is 1.55. The Balaban J connectivity index is 1.44. The van der Waals surface area contributed by atoms with Gasteiger partial charge < -0.3 is 9.47 Å². The van der Waals surface area contributed by atoms with E-state index in [0.717, 1.165) is 38.5 Å². The number of hydrogen-bond donors (Lipinski definition) is 0. The smallest absolute Gasteiger partial charge is 0.302 e. The predicted molar refractivity (Wildman–Crippen MR) is 101 cm³/mol. The second-order valence-corrected chi connectivity index (χ2v) is 10.7. The first kappa shape index (κ1) is 18.8. The minimum atomic E-state index is -0.691. The first-order valence-corrected chi connectivity index (χ1v) is 11.0. The van der Waals surface area contributed by atoms with E-state index >= 15 is 0 Å². The molecule has 28 heavy (non-hydrogen) atoms. The summed E-state index contributed by atoms with van der Waals surface area (Å²) in [4.78, 5) is 37.4. The van der Waals surface area contributed by atoms with Gasteiger partial charge in [-0.3, -0.25) is 14.4 Å². The van der Waals surface area contributed by atoms with Crippen LogP contribution >= 0.6 is 0 Å². The van der Waals surface area contributed by atoms with Crippen LogP contribution in [0.15, 0.2) is 0 Å². The molecule has 4 saturated carbocycles. The van der Waals surface area contributed by atoms with Crippen molar-refractivity contribution in [3.63, 3.8) is 0 Å². The molecule has 0 unspecified atom stereocenters. The van der Waals surface area contributed by atoms with E-state index in [2.05, 4.69) is 13.8 Å². The standard InChI is InChI=1S/C23H32O5/c1-12(24)23-19(28-23)10-17-16-6-5-14-9-15(27-13(2)25)7-8-21(14,3)20(16)18(26)11-22(17,23)4/h14-17,19-20H,5-11H2,1-4H3/t14-,15-,16-,17-,19+,20+,21-,22-,23-/m0/s1. The normalized spacial score (nSPS) is 54.1. The molecule has 0 aromatic rings. The van der Waals surface area contributed by atoms with Gasteiger partial charge in [0, 0.05) is 24.7 Å². The van der Waals surface area contributed by atoms with Crippen LogP contribution in [0.1, 0.15) is 72.6 Å². The van der Waals surface area contributed by atoms with E-state index in [1.165, 1.54) is 6.92 Å². The lowest BCUT2D eigenvalue weighted by Crippen LogP contribution is -2.60. The molecule has 1 saturated heterocycles. The molecule has 5 nitrogen and oxygen atoms in total. The van der Waals surface area contributed by atoms with Crippen LogP contribution in [-0.4, -0.2) is 35.3 Å². The summed E-state index contributed by atoms with van der Waals surface area (Å²) in [6.45, 7) is 7.57. The van der Waals surface area contributed by atoms with Crippen LogP contribution in [0.3, 0.4) is 0 Å². The molecule has 5 aliphatic rings. The molecule has 1 aliphatic heterocycles. The molecule has 5 fully saturated rings. The van der Waals surface area contributed by atoms with Crippen LogP contribution < -0.4 is 0 Å². The lowest BCUT2D eigenvalue weighted by molar-refractivity contribution is -0.174. The summed E-state index contributed by atoms with van der Waals surface area (Å²) >= 11 is 0. The van der Waals surface area contributed by atoms with Crippen molar-refractivity contribution < 1.29 is 23.9 Å². The maximum Gasteiger partial charge on any atom is 0.302 e. The molecule has 0 bridgehead atoms. The highest BCUT2D eigenvalue weighted by atomic mass is 16.6. The fraction of sp³-hybridized carbons (Fsp3) is 0.870. The van der Waals surface area contributed by atoms with Crippen LogP contribution in [0.25, 0.3) is 0 Å². The topological polar surface area (TPSA) is 73.0 Å². The molecule has 5 rings (SSSR count). The zero-order chi connectivity index (χ0) is 20.1. The highest BCUT2D eigenvalue weighted by Crippen LogP contribution is 2.73. The number of esters is 1. The van der Waals surface area contributed by atoms with Crippen molar-refractivity contribution in [1.82, 2.24) is 0 Å². The first-order valence-electron chi connectivity index (χ1n) is 11.0. The Bertz CT molecular complexity index is 760. The van der Waals surface area contributed by atoms with Gasteiger partial charge in [-0.2, -0.15) is 0 Å². The van der Waals surface area contributed by atoms with Gasteiger partial charge in [0.1, 0.15) is 11.9 Å². The van der Waals surface area contributed by atoms with E-state index in [1.807, 2.05) is 0 Å². The Morgan fingerprint density at radius 3 is 2.54 bits per heavy atom. The van der Waals surface area contributed by atoms with Gasteiger partial charge in [0.2, 0.25) is 0 Å². The molecule has 4 aliphatic carbocycles. The molecular formula is C23H32O5. The van der Waals surface area contributed by atoms with Crippen molar-refractivity contribution in [3.05, 3.63) is 0 Å². The van der Waals surface area contributed by atoms with Crippen molar-refractivity contribution >= 4 is 17.5 Å². The summed E-state index contributed by atoms with van der Waals surface area (Å²) < 4.78 is 11.4. The molecule has 5 heteroatoms. The fourth-order valence-corrected chi connectivity index (χ4v) is 8.44. The molecule has 0 aromatic carbocycles. The van der Waals surface area contributed by atoms with Crippen molar-refractivity contribution in [2.75, 3.05) is 0 Å². The third kappa shape index (κ3) is 2.15. The molecule has 0 spiro atoms. The Hall–Kier alpha value is -1.23. The highest BCUT2D eigenvalue weighted by molar-refractivity contribution is 5.93. The van der Waals surface area contributed by atoms with Gasteiger partial charge in [-0.05, 0) is 68.6 Å². The number of Topliss-reactive ketones (excluding diaryl/α,β-unsaturated/α-hetero) is 2. The molecule has 9 atom stereocenters. The van der Waals surface area contributed by atoms with Gasteiger partial charge in [0.05, 0.1) is 6.10 Å². The quantitative estimate of drug-likeness (QED) is 0.535. The van der Waals surface area contributed by atoms with Crippen molar-refractivity contribution in [2.24, 2.45) is 34.5 Å². The average molecular weight is 389 g/mol. The van der Waals surface area contributed by atoms with E-state index in [4.69, 9.17) is 9.47 Å². The Morgan fingerprint density at radius 2 is 1.86 bits per heavy atom. The second-order valence-electron chi connectivity index (χ2n) is 10.7. The van der Waals surface area contributed by atoms with Crippen LogP contribution in [0.2, 0.25) is 0 Å². The second kappa shape index (κ2) is 5.68. The molecule has 0 radical (unpaired) electrons.